The van der Waals surface area contributed by atoms with Gasteiger partial charge in [-0.05, 0) is 55.5 Å². The molecule has 0 unspecified atom stereocenters. The van der Waals surface area contributed by atoms with E-state index in [1.165, 1.54) is 4.90 Å². The van der Waals surface area contributed by atoms with Gasteiger partial charge in [0.25, 0.3) is 11.8 Å². The van der Waals surface area contributed by atoms with Gasteiger partial charge in [0.15, 0.2) is 12.2 Å². The first-order valence-electron chi connectivity index (χ1n) is 9.86. The van der Waals surface area contributed by atoms with E-state index in [-0.39, 0.29) is 6.04 Å². The van der Waals surface area contributed by atoms with E-state index in [1.807, 2.05) is 43.3 Å². The van der Waals surface area contributed by atoms with Crippen molar-refractivity contribution in [2.75, 3.05) is 6.54 Å². The number of carbonyl (C=O) groups excluding carboxylic acids is 2. The number of hydrogen-bond donors (Lipinski definition) is 3. The lowest BCUT2D eigenvalue weighted by Gasteiger charge is -2.27. The number of likely N-dealkylation sites (tertiary alicyclic amines) is 1. The molecule has 2 aromatic rings. The number of aliphatic hydroxyl groups is 2. The second kappa shape index (κ2) is 9.15. The van der Waals surface area contributed by atoms with E-state index in [0.717, 1.165) is 29.5 Å². The summed E-state index contributed by atoms with van der Waals surface area (Å²) in [5.41, 5.74) is 2.91. The van der Waals surface area contributed by atoms with Crippen LogP contribution < -0.4 is 5.32 Å². The van der Waals surface area contributed by atoms with Gasteiger partial charge in [0.2, 0.25) is 0 Å². The molecule has 29 heavy (non-hydrogen) atoms. The van der Waals surface area contributed by atoms with E-state index in [1.54, 1.807) is 19.3 Å². The number of rotatable bonds is 6. The Morgan fingerprint density at radius 1 is 1.07 bits per heavy atom. The molecule has 7 heteroatoms. The van der Waals surface area contributed by atoms with Crippen molar-refractivity contribution in [3.8, 4) is 11.1 Å². The SMILES string of the molecule is C[C@@H](NC(=O)[C@H](O)[C@@H](O)C(=O)N1CCC[C@@H]1C)c1ccc(-c2ccncc2)cc1. The molecule has 0 spiro atoms. The van der Waals surface area contributed by atoms with Crippen LogP contribution in [-0.2, 0) is 9.59 Å². The molecule has 3 rings (SSSR count). The third-order valence-corrected chi connectivity index (χ3v) is 5.44. The zero-order chi connectivity index (χ0) is 21.0. The minimum atomic E-state index is -1.81. The van der Waals surface area contributed by atoms with Crippen LogP contribution in [0.4, 0.5) is 0 Å². The Kier molecular flexibility index (Phi) is 6.61. The monoisotopic (exact) mass is 397 g/mol. The summed E-state index contributed by atoms with van der Waals surface area (Å²) in [6, 6.07) is 11.1. The highest BCUT2D eigenvalue weighted by molar-refractivity contribution is 5.91. The van der Waals surface area contributed by atoms with Crippen molar-refractivity contribution >= 4 is 11.8 Å². The normalized spacial score (nSPS) is 19.4. The summed E-state index contributed by atoms with van der Waals surface area (Å²) in [7, 11) is 0. The predicted molar refractivity (Wildman–Crippen MR) is 109 cm³/mol. The van der Waals surface area contributed by atoms with E-state index in [2.05, 4.69) is 10.3 Å². The standard InChI is InChI=1S/C22H27N3O4/c1-14-4-3-13-25(14)22(29)20(27)19(26)21(28)24-15(2)16-5-7-17(8-6-16)18-9-11-23-12-10-18/h5-12,14-15,19-20,26-27H,3-4,13H2,1-2H3,(H,24,28)/t14-,15+,19+,20+/m0/s1. The molecule has 1 aliphatic heterocycles. The zero-order valence-electron chi connectivity index (χ0n) is 16.7. The van der Waals surface area contributed by atoms with Crippen LogP contribution in [0.15, 0.2) is 48.8 Å². The summed E-state index contributed by atoms with van der Waals surface area (Å²) in [5.74, 6) is -1.38. The fraction of sp³-hybridized carbons (Fsp3) is 0.409. The van der Waals surface area contributed by atoms with Gasteiger partial charge in [-0.25, -0.2) is 0 Å². The van der Waals surface area contributed by atoms with Crippen molar-refractivity contribution in [1.82, 2.24) is 15.2 Å². The third kappa shape index (κ3) is 4.81. The maximum atomic E-state index is 12.4. The number of nitrogens with zero attached hydrogens (tertiary/aromatic N) is 2. The number of aliphatic hydroxyl groups excluding tert-OH is 2. The van der Waals surface area contributed by atoms with E-state index >= 15 is 0 Å². The van der Waals surface area contributed by atoms with Crippen LogP contribution in [-0.4, -0.2) is 56.7 Å². The van der Waals surface area contributed by atoms with E-state index in [9.17, 15) is 19.8 Å². The van der Waals surface area contributed by atoms with Crippen molar-refractivity contribution in [1.29, 1.82) is 0 Å². The number of aromatic nitrogens is 1. The van der Waals surface area contributed by atoms with E-state index < -0.39 is 30.1 Å². The van der Waals surface area contributed by atoms with Crippen LogP contribution in [0.1, 0.15) is 38.3 Å². The minimum absolute atomic E-state index is 0.00486. The largest absolute Gasteiger partial charge is 0.380 e. The molecule has 1 saturated heterocycles. The summed E-state index contributed by atoms with van der Waals surface area (Å²) in [6.45, 7) is 4.20. The Balaban J connectivity index is 1.60. The molecule has 2 amide bonds. The molecule has 154 valence electrons. The van der Waals surface area contributed by atoms with Gasteiger partial charge in [-0.1, -0.05) is 24.3 Å². The van der Waals surface area contributed by atoms with Gasteiger partial charge in [0, 0.05) is 25.0 Å². The third-order valence-electron chi connectivity index (χ3n) is 5.44. The number of amides is 2. The first-order valence-corrected chi connectivity index (χ1v) is 9.86. The minimum Gasteiger partial charge on any atom is -0.380 e. The summed E-state index contributed by atoms with van der Waals surface area (Å²) in [4.78, 5) is 30.2. The molecule has 1 aromatic heterocycles. The maximum absolute atomic E-state index is 12.4. The van der Waals surface area contributed by atoms with Crippen LogP contribution in [0, 0.1) is 0 Å². The molecule has 0 aliphatic carbocycles. The molecule has 0 radical (unpaired) electrons. The first kappa shape index (κ1) is 21.0. The van der Waals surface area contributed by atoms with Crippen molar-refractivity contribution in [3.63, 3.8) is 0 Å². The molecule has 0 bridgehead atoms. The van der Waals surface area contributed by atoms with Gasteiger partial charge in [0.05, 0.1) is 6.04 Å². The van der Waals surface area contributed by atoms with Crippen molar-refractivity contribution in [2.45, 2.75) is 51.0 Å². The Hall–Kier alpha value is -2.77. The Labute approximate surface area is 170 Å². The van der Waals surface area contributed by atoms with Crippen LogP contribution in [0.3, 0.4) is 0 Å². The number of pyridine rings is 1. The smallest absolute Gasteiger partial charge is 0.254 e. The van der Waals surface area contributed by atoms with Crippen LogP contribution in [0.5, 0.6) is 0 Å². The first-order chi connectivity index (χ1) is 13.9. The summed E-state index contributed by atoms with van der Waals surface area (Å²) in [6.07, 6.45) is 1.58. The molecule has 3 N–H and O–H groups in total. The topological polar surface area (TPSA) is 103 Å². The number of carbonyl (C=O) groups is 2. The van der Waals surface area contributed by atoms with Gasteiger partial charge >= 0.3 is 0 Å². The average Bonchev–Trinajstić information content (AvgIpc) is 3.18. The second-order valence-electron chi connectivity index (χ2n) is 7.50. The molecule has 1 aliphatic rings. The Bertz CT molecular complexity index is 841. The highest BCUT2D eigenvalue weighted by Crippen LogP contribution is 2.22. The molecule has 1 aromatic carbocycles. The Morgan fingerprint density at radius 3 is 2.28 bits per heavy atom. The van der Waals surface area contributed by atoms with Gasteiger partial charge in [-0.15, -0.1) is 0 Å². The second-order valence-corrected chi connectivity index (χ2v) is 7.50. The van der Waals surface area contributed by atoms with E-state index in [4.69, 9.17) is 0 Å². The number of hydrogen-bond acceptors (Lipinski definition) is 5. The average molecular weight is 397 g/mol. The van der Waals surface area contributed by atoms with Crippen molar-refractivity contribution < 1.29 is 19.8 Å². The quantitative estimate of drug-likeness (QED) is 0.688. The van der Waals surface area contributed by atoms with Gasteiger partial charge in [-0.2, -0.15) is 0 Å². The summed E-state index contributed by atoms with van der Waals surface area (Å²) in [5, 5.41) is 23.0. The molecule has 0 saturated carbocycles. The number of nitrogens with one attached hydrogen (secondary N) is 1. The summed E-state index contributed by atoms with van der Waals surface area (Å²) < 4.78 is 0. The van der Waals surface area contributed by atoms with Gasteiger partial charge in [0.1, 0.15) is 0 Å². The van der Waals surface area contributed by atoms with Gasteiger partial charge < -0.3 is 20.4 Å². The summed E-state index contributed by atoms with van der Waals surface area (Å²) >= 11 is 0. The predicted octanol–water partition coefficient (Wildman–Crippen LogP) is 1.66. The highest BCUT2D eigenvalue weighted by Gasteiger charge is 2.36. The molecule has 2 heterocycles. The molecule has 7 nitrogen and oxygen atoms in total. The van der Waals surface area contributed by atoms with E-state index in [0.29, 0.717) is 6.54 Å². The fourth-order valence-corrected chi connectivity index (χ4v) is 3.60. The highest BCUT2D eigenvalue weighted by atomic mass is 16.3. The number of benzene rings is 1. The van der Waals surface area contributed by atoms with Crippen LogP contribution in [0.2, 0.25) is 0 Å². The van der Waals surface area contributed by atoms with Crippen molar-refractivity contribution in [3.05, 3.63) is 54.4 Å². The molecule has 4 atom stereocenters. The molecular weight excluding hydrogens is 370 g/mol. The molecular formula is C22H27N3O4. The lowest BCUT2D eigenvalue weighted by molar-refractivity contribution is -0.153. The fourth-order valence-electron chi connectivity index (χ4n) is 3.60. The lowest BCUT2D eigenvalue weighted by atomic mass is 10.0. The van der Waals surface area contributed by atoms with Crippen LogP contribution >= 0.6 is 0 Å². The van der Waals surface area contributed by atoms with Crippen LogP contribution in [0.25, 0.3) is 11.1 Å². The Morgan fingerprint density at radius 2 is 1.69 bits per heavy atom. The lowest BCUT2D eigenvalue weighted by Crippen LogP contribution is -2.51. The zero-order valence-corrected chi connectivity index (χ0v) is 16.7. The maximum Gasteiger partial charge on any atom is 0.254 e. The molecule has 1 fully saturated rings. The van der Waals surface area contributed by atoms with Gasteiger partial charge in [-0.3, -0.25) is 14.6 Å². The van der Waals surface area contributed by atoms with Crippen molar-refractivity contribution in [2.24, 2.45) is 0 Å².